The molecular formula is C25H22ClFN4O6S. The number of hydrogen-bond acceptors (Lipinski definition) is 7. The second kappa shape index (κ2) is 10.1. The van der Waals surface area contributed by atoms with Crippen LogP contribution in [0.1, 0.15) is 11.3 Å². The molecule has 0 radical (unpaired) electrons. The fourth-order valence-corrected chi connectivity index (χ4v) is 5.73. The maximum Gasteiger partial charge on any atom is 0.303 e. The number of halogens is 2. The Hall–Kier alpha value is -3.87. The number of nitrogens with zero attached hydrogens (tertiary/aromatic N) is 3. The number of nitrogens with one attached hydrogen (secondary N) is 1. The van der Waals surface area contributed by atoms with Crippen molar-refractivity contribution in [1.29, 1.82) is 0 Å². The highest BCUT2D eigenvalue weighted by atomic mass is 35.5. The van der Waals surface area contributed by atoms with Crippen molar-refractivity contribution in [3.05, 3.63) is 87.2 Å². The van der Waals surface area contributed by atoms with E-state index < -0.39 is 21.6 Å². The lowest BCUT2D eigenvalue weighted by molar-refractivity contribution is 0.384. The van der Waals surface area contributed by atoms with Crippen molar-refractivity contribution in [3.8, 4) is 28.3 Å². The van der Waals surface area contributed by atoms with E-state index in [4.69, 9.17) is 21.1 Å². The minimum Gasteiger partial charge on any atom is -0.495 e. The first-order chi connectivity index (χ1) is 18.2. The summed E-state index contributed by atoms with van der Waals surface area (Å²) in [5, 5.41) is 3.96. The van der Waals surface area contributed by atoms with E-state index in [2.05, 4.69) is 14.4 Å². The van der Waals surface area contributed by atoms with Crippen molar-refractivity contribution in [3.63, 3.8) is 0 Å². The number of pyridine rings is 1. The van der Waals surface area contributed by atoms with Crippen LogP contribution in [0.3, 0.4) is 0 Å². The zero-order valence-corrected chi connectivity index (χ0v) is 21.8. The summed E-state index contributed by atoms with van der Waals surface area (Å²) in [5.41, 5.74) is 1.69. The Balaban J connectivity index is 1.54. The molecule has 3 heterocycles. The molecule has 5 rings (SSSR count). The van der Waals surface area contributed by atoms with Gasteiger partial charge in [0.15, 0.2) is 5.82 Å². The number of benzene rings is 2. The minimum absolute atomic E-state index is 0.00372. The van der Waals surface area contributed by atoms with Crippen LogP contribution in [0, 0.1) is 5.82 Å². The van der Waals surface area contributed by atoms with Gasteiger partial charge in [-0.3, -0.25) is 14.1 Å². The van der Waals surface area contributed by atoms with Gasteiger partial charge in [-0.1, -0.05) is 28.9 Å². The normalized spacial score (nSPS) is 13.7. The Morgan fingerprint density at radius 2 is 1.87 bits per heavy atom. The molecule has 0 saturated heterocycles. The minimum atomic E-state index is -3.93. The Labute approximate surface area is 222 Å². The topological polar surface area (TPSA) is 116 Å². The first-order valence-electron chi connectivity index (χ1n) is 11.4. The summed E-state index contributed by atoms with van der Waals surface area (Å²) < 4.78 is 61.6. The molecule has 1 aliphatic rings. The van der Waals surface area contributed by atoms with Crippen LogP contribution >= 0.6 is 11.6 Å². The summed E-state index contributed by atoms with van der Waals surface area (Å²) in [4.78, 5) is 13.0. The van der Waals surface area contributed by atoms with Gasteiger partial charge in [0.1, 0.15) is 23.6 Å². The average molecular weight is 561 g/mol. The Kier molecular flexibility index (Phi) is 6.86. The van der Waals surface area contributed by atoms with E-state index in [0.29, 0.717) is 27.6 Å². The van der Waals surface area contributed by atoms with Gasteiger partial charge in [0.2, 0.25) is 0 Å². The lowest BCUT2D eigenvalue weighted by Gasteiger charge is -2.30. The largest absolute Gasteiger partial charge is 0.495 e. The smallest absolute Gasteiger partial charge is 0.303 e. The van der Waals surface area contributed by atoms with Crippen LogP contribution in [0.15, 0.2) is 64.1 Å². The molecule has 13 heteroatoms. The van der Waals surface area contributed by atoms with Gasteiger partial charge in [0.25, 0.3) is 5.56 Å². The molecule has 0 aliphatic carbocycles. The highest BCUT2D eigenvalue weighted by molar-refractivity contribution is 7.90. The van der Waals surface area contributed by atoms with Crippen molar-refractivity contribution >= 4 is 27.6 Å². The van der Waals surface area contributed by atoms with Gasteiger partial charge in [0, 0.05) is 49.0 Å². The number of fused-ring (bicyclic) bond motifs is 1. The van der Waals surface area contributed by atoms with Crippen LogP contribution in [0.2, 0.25) is 5.02 Å². The second-order valence-corrected chi connectivity index (χ2v) is 10.5. The zero-order chi connectivity index (χ0) is 27.0. The third kappa shape index (κ3) is 4.73. The fraction of sp³-hybridized carbons (Fsp3) is 0.200. The average Bonchev–Trinajstić information content (AvgIpc) is 3.41. The molecule has 198 valence electrons. The summed E-state index contributed by atoms with van der Waals surface area (Å²) in [5.74, 6) is 0.108. The van der Waals surface area contributed by atoms with Crippen LogP contribution in [0.4, 0.5) is 10.2 Å². The van der Waals surface area contributed by atoms with Crippen LogP contribution in [0.5, 0.6) is 11.5 Å². The molecule has 0 fully saturated rings. The number of methoxy groups -OCH3 is 2. The summed E-state index contributed by atoms with van der Waals surface area (Å²) in [7, 11) is -1.04. The highest BCUT2D eigenvalue weighted by Crippen LogP contribution is 2.36. The summed E-state index contributed by atoms with van der Waals surface area (Å²) in [6.45, 7) is 0.0767. The van der Waals surface area contributed by atoms with Crippen LogP contribution < -0.4 is 19.8 Å². The highest BCUT2D eigenvalue weighted by Gasteiger charge is 2.30. The molecule has 1 N–H and O–H groups in total. The standard InChI is InChI=1S/C25H22ClFN4O6S/c1-35-22-11-15(3-5-18(22)26)17-12-23(36-2)21(13-19(17)27)31-20-7-9-30(14-16(20)4-6-25(31)32)38(33,34)29-24-8-10-37-28-24/h3-6,8,10-13H,7,9,14H2,1-2H3,(H,28,29). The van der Waals surface area contributed by atoms with E-state index in [9.17, 15) is 13.2 Å². The van der Waals surface area contributed by atoms with Gasteiger partial charge in [0.05, 0.1) is 24.9 Å². The molecule has 0 amide bonds. The molecule has 0 unspecified atom stereocenters. The molecule has 2 aromatic heterocycles. The Morgan fingerprint density at radius 3 is 2.58 bits per heavy atom. The molecule has 0 atom stereocenters. The van der Waals surface area contributed by atoms with Crippen molar-refractivity contribution in [2.45, 2.75) is 13.0 Å². The zero-order valence-electron chi connectivity index (χ0n) is 20.3. The monoisotopic (exact) mass is 560 g/mol. The molecule has 0 saturated carbocycles. The second-order valence-electron chi connectivity index (χ2n) is 8.41. The molecular weight excluding hydrogens is 539 g/mol. The maximum atomic E-state index is 15.5. The van der Waals surface area contributed by atoms with Crippen LogP contribution in [-0.4, -0.2) is 43.2 Å². The molecule has 0 spiro atoms. The molecule has 1 aliphatic heterocycles. The Bertz CT molecular complexity index is 1670. The molecule has 2 aromatic carbocycles. The lowest BCUT2D eigenvalue weighted by atomic mass is 10.0. The lowest BCUT2D eigenvalue weighted by Crippen LogP contribution is -2.41. The van der Waals surface area contributed by atoms with Gasteiger partial charge in [-0.15, -0.1) is 0 Å². The SMILES string of the molecule is COc1cc(-c2cc(OC)c(-n3c4c(ccc3=O)CN(S(=O)(=O)Nc3ccon3)CC4)cc2F)ccc1Cl. The molecule has 10 nitrogen and oxygen atoms in total. The first kappa shape index (κ1) is 25.8. The van der Waals surface area contributed by atoms with E-state index in [1.165, 1.54) is 53.6 Å². The summed E-state index contributed by atoms with van der Waals surface area (Å²) in [6, 6.07) is 11.9. The van der Waals surface area contributed by atoms with Crippen molar-refractivity contribution in [1.82, 2.24) is 14.0 Å². The first-order valence-corrected chi connectivity index (χ1v) is 13.2. The predicted molar refractivity (Wildman–Crippen MR) is 139 cm³/mol. The quantitative estimate of drug-likeness (QED) is 0.363. The van der Waals surface area contributed by atoms with Crippen LogP contribution in [-0.2, 0) is 23.2 Å². The molecule has 4 aromatic rings. The fourth-order valence-electron chi connectivity index (χ4n) is 4.40. The van der Waals surface area contributed by atoms with Crippen molar-refractivity contribution in [2.75, 3.05) is 25.5 Å². The number of rotatable bonds is 7. The van der Waals surface area contributed by atoms with Gasteiger partial charge in [-0.05, 0) is 29.3 Å². The van der Waals surface area contributed by atoms with Gasteiger partial charge >= 0.3 is 10.2 Å². The van der Waals surface area contributed by atoms with Crippen LogP contribution in [0.25, 0.3) is 16.8 Å². The predicted octanol–water partition coefficient (Wildman–Crippen LogP) is 4.02. The van der Waals surface area contributed by atoms with E-state index in [1.54, 1.807) is 24.3 Å². The van der Waals surface area contributed by atoms with E-state index in [0.717, 1.165) is 0 Å². The molecule has 0 bridgehead atoms. The van der Waals surface area contributed by atoms with E-state index >= 15 is 4.39 Å². The van der Waals surface area contributed by atoms with Crippen molar-refractivity contribution in [2.24, 2.45) is 0 Å². The van der Waals surface area contributed by atoms with E-state index in [-0.39, 0.29) is 42.3 Å². The van der Waals surface area contributed by atoms with Crippen molar-refractivity contribution < 1.29 is 26.8 Å². The van der Waals surface area contributed by atoms with Gasteiger partial charge in [-0.2, -0.15) is 12.7 Å². The van der Waals surface area contributed by atoms with Gasteiger partial charge in [-0.25, -0.2) is 4.39 Å². The van der Waals surface area contributed by atoms with E-state index in [1.807, 2.05) is 0 Å². The number of aromatic nitrogens is 2. The maximum absolute atomic E-state index is 15.5. The third-order valence-corrected chi connectivity index (χ3v) is 7.99. The van der Waals surface area contributed by atoms with Gasteiger partial charge < -0.3 is 14.0 Å². The number of hydrogen-bond donors (Lipinski definition) is 1. The molecule has 38 heavy (non-hydrogen) atoms. The summed E-state index contributed by atoms with van der Waals surface area (Å²) in [6.07, 6.45) is 1.45. The Morgan fingerprint density at radius 1 is 1.08 bits per heavy atom. The summed E-state index contributed by atoms with van der Waals surface area (Å²) >= 11 is 6.11. The number of anilines is 1. The third-order valence-electron chi connectivity index (χ3n) is 6.22. The number of ether oxygens (including phenoxy) is 2.